The number of carbonyl (C=O) groups is 2. The molecule has 27 heavy (non-hydrogen) atoms. The van der Waals surface area contributed by atoms with E-state index in [0.717, 1.165) is 17.6 Å². The molecule has 0 saturated heterocycles. The summed E-state index contributed by atoms with van der Waals surface area (Å²) in [5.41, 5.74) is 0.748. The highest BCUT2D eigenvalue weighted by Gasteiger charge is 2.61. The van der Waals surface area contributed by atoms with E-state index in [0.29, 0.717) is 12.2 Å². The molecule has 3 rings (SSSR count). The monoisotopic (exact) mass is 364 g/mol. The Hall–Kier alpha value is -2.88. The van der Waals surface area contributed by atoms with Crippen LogP contribution in [0.15, 0.2) is 66.7 Å². The SMILES string of the molecule is CC1(C)C(/C=C/CC=O)C1C(=O)OCc1cccc(Oc2ccccc2)c1. The third-order valence-corrected chi connectivity index (χ3v) is 5.00. The number of esters is 1. The maximum absolute atomic E-state index is 12.5. The summed E-state index contributed by atoms with van der Waals surface area (Å²) in [4.78, 5) is 22.9. The number of aldehydes is 1. The predicted octanol–water partition coefficient (Wildman–Crippen LogP) is 4.94. The molecule has 0 aliphatic heterocycles. The van der Waals surface area contributed by atoms with Crippen LogP contribution < -0.4 is 4.74 Å². The quantitative estimate of drug-likeness (QED) is 0.378. The number of benzene rings is 2. The molecule has 1 aliphatic carbocycles. The molecule has 2 aromatic carbocycles. The van der Waals surface area contributed by atoms with Gasteiger partial charge in [0.1, 0.15) is 24.4 Å². The van der Waals surface area contributed by atoms with Crippen LogP contribution in [0.2, 0.25) is 0 Å². The number of rotatable bonds is 8. The van der Waals surface area contributed by atoms with E-state index in [1.165, 1.54) is 0 Å². The minimum Gasteiger partial charge on any atom is -0.461 e. The lowest BCUT2D eigenvalue weighted by Crippen LogP contribution is -2.10. The Labute approximate surface area is 159 Å². The second-order valence-electron chi connectivity index (χ2n) is 7.33. The fourth-order valence-electron chi connectivity index (χ4n) is 3.34. The smallest absolute Gasteiger partial charge is 0.310 e. The second-order valence-corrected chi connectivity index (χ2v) is 7.33. The van der Waals surface area contributed by atoms with E-state index in [9.17, 15) is 9.59 Å². The number of para-hydroxylation sites is 1. The van der Waals surface area contributed by atoms with Crippen LogP contribution >= 0.6 is 0 Å². The van der Waals surface area contributed by atoms with E-state index < -0.39 is 0 Å². The van der Waals surface area contributed by atoms with E-state index in [1.54, 1.807) is 0 Å². The average Bonchev–Trinajstić information content (AvgIpc) is 3.22. The molecule has 1 fully saturated rings. The Morgan fingerprint density at radius 3 is 2.56 bits per heavy atom. The van der Waals surface area contributed by atoms with Gasteiger partial charge in [-0.1, -0.05) is 56.3 Å². The first kappa shape index (κ1) is 18.9. The highest BCUT2D eigenvalue weighted by molar-refractivity contribution is 5.78. The summed E-state index contributed by atoms with van der Waals surface area (Å²) in [5.74, 6) is 1.23. The van der Waals surface area contributed by atoms with Gasteiger partial charge in [-0.3, -0.25) is 4.79 Å². The van der Waals surface area contributed by atoms with Crippen LogP contribution in [0.1, 0.15) is 25.8 Å². The number of hydrogen-bond acceptors (Lipinski definition) is 4. The fourth-order valence-corrected chi connectivity index (χ4v) is 3.34. The number of allylic oxidation sites excluding steroid dienone is 2. The summed E-state index contributed by atoms with van der Waals surface area (Å²) in [6, 6.07) is 17.1. The predicted molar refractivity (Wildman–Crippen MR) is 103 cm³/mol. The van der Waals surface area contributed by atoms with Gasteiger partial charge in [0.05, 0.1) is 5.92 Å². The molecule has 0 heterocycles. The number of carbonyl (C=O) groups excluding carboxylic acids is 2. The molecule has 2 atom stereocenters. The van der Waals surface area contributed by atoms with Crippen molar-refractivity contribution in [2.45, 2.75) is 26.9 Å². The third-order valence-electron chi connectivity index (χ3n) is 5.00. The Kier molecular flexibility index (Phi) is 5.75. The highest BCUT2D eigenvalue weighted by atomic mass is 16.5. The average molecular weight is 364 g/mol. The lowest BCUT2D eigenvalue weighted by molar-refractivity contribution is -0.147. The van der Waals surface area contributed by atoms with Gasteiger partial charge in [-0.15, -0.1) is 0 Å². The summed E-state index contributed by atoms with van der Waals surface area (Å²) in [6.45, 7) is 4.30. The maximum Gasteiger partial charge on any atom is 0.310 e. The van der Waals surface area contributed by atoms with Crippen molar-refractivity contribution in [1.29, 1.82) is 0 Å². The van der Waals surface area contributed by atoms with Crippen LogP contribution in [0.3, 0.4) is 0 Å². The first-order valence-corrected chi connectivity index (χ1v) is 9.11. The Morgan fingerprint density at radius 2 is 1.81 bits per heavy atom. The van der Waals surface area contributed by atoms with Crippen molar-refractivity contribution in [2.24, 2.45) is 17.3 Å². The molecule has 0 spiro atoms. The van der Waals surface area contributed by atoms with Crippen molar-refractivity contribution in [3.8, 4) is 11.5 Å². The van der Waals surface area contributed by atoms with Gasteiger partial charge in [0.2, 0.25) is 0 Å². The van der Waals surface area contributed by atoms with Gasteiger partial charge in [-0.2, -0.15) is 0 Å². The van der Waals surface area contributed by atoms with Gasteiger partial charge < -0.3 is 14.3 Å². The van der Waals surface area contributed by atoms with Gasteiger partial charge in [-0.25, -0.2) is 0 Å². The van der Waals surface area contributed by atoms with E-state index in [4.69, 9.17) is 9.47 Å². The summed E-state index contributed by atoms with van der Waals surface area (Å²) in [6.07, 6.45) is 5.00. The van der Waals surface area contributed by atoms with Gasteiger partial charge in [0.25, 0.3) is 0 Å². The molecule has 0 bridgehead atoms. The molecule has 2 aromatic rings. The summed E-state index contributed by atoms with van der Waals surface area (Å²) >= 11 is 0. The number of hydrogen-bond donors (Lipinski definition) is 0. The Bertz CT molecular complexity index is 823. The molecule has 0 N–H and O–H groups in total. The Balaban J connectivity index is 1.56. The third kappa shape index (κ3) is 4.64. The minimum absolute atomic E-state index is 0.123. The van der Waals surface area contributed by atoms with Crippen molar-refractivity contribution in [3.63, 3.8) is 0 Å². The Morgan fingerprint density at radius 1 is 1.07 bits per heavy atom. The lowest BCUT2D eigenvalue weighted by atomic mass is 10.1. The standard InChI is InChI=1S/C23H24O4/c1-23(2)20(13-6-7-14-24)21(23)22(25)26-16-17-9-8-12-19(15-17)27-18-10-4-3-5-11-18/h3-6,8-15,20-21H,7,16H2,1-2H3/b13-6+. The summed E-state index contributed by atoms with van der Waals surface area (Å²) < 4.78 is 11.3. The molecule has 4 nitrogen and oxygen atoms in total. The van der Waals surface area contributed by atoms with E-state index in [1.807, 2.05) is 80.6 Å². The topological polar surface area (TPSA) is 52.6 Å². The molecule has 0 aromatic heterocycles. The largest absolute Gasteiger partial charge is 0.461 e. The first-order valence-electron chi connectivity index (χ1n) is 9.11. The lowest BCUT2D eigenvalue weighted by Gasteiger charge is -2.09. The zero-order valence-electron chi connectivity index (χ0n) is 15.6. The molecule has 2 unspecified atom stereocenters. The van der Waals surface area contributed by atoms with Crippen LogP contribution in [0, 0.1) is 17.3 Å². The zero-order chi connectivity index (χ0) is 19.3. The number of ether oxygens (including phenoxy) is 2. The van der Waals surface area contributed by atoms with E-state index in [-0.39, 0.29) is 29.8 Å². The highest BCUT2D eigenvalue weighted by Crippen LogP contribution is 2.59. The van der Waals surface area contributed by atoms with Crippen LogP contribution in [0.5, 0.6) is 11.5 Å². The van der Waals surface area contributed by atoms with Crippen LogP contribution in [-0.2, 0) is 20.9 Å². The fraction of sp³-hybridized carbons (Fsp3) is 0.304. The van der Waals surface area contributed by atoms with Crippen molar-refractivity contribution in [2.75, 3.05) is 0 Å². The molecule has 1 saturated carbocycles. The zero-order valence-corrected chi connectivity index (χ0v) is 15.6. The van der Waals surface area contributed by atoms with Crippen molar-refractivity contribution >= 4 is 12.3 Å². The maximum atomic E-state index is 12.5. The van der Waals surface area contributed by atoms with Gasteiger partial charge in [0.15, 0.2) is 0 Å². The molecule has 1 aliphatic rings. The van der Waals surface area contributed by atoms with Gasteiger partial charge in [-0.05, 0) is 41.2 Å². The van der Waals surface area contributed by atoms with Crippen LogP contribution in [0.4, 0.5) is 0 Å². The summed E-state index contributed by atoms with van der Waals surface area (Å²) in [5, 5.41) is 0. The van der Waals surface area contributed by atoms with Crippen molar-refractivity contribution < 1.29 is 19.1 Å². The van der Waals surface area contributed by atoms with Crippen LogP contribution in [-0.4, -0.2) is 12.3 Å². The molecular weight excluding hydrogens is 340 g/mol. The normalized spacial score (nSPS) is 20.2. The molecular formula is C23H24O4. The van der Waals surface area contributed by atoms with Crippen molar-refractivity contribution in [3.05, 3.63) is 72.3 Å². The first-order chi connectivity index (χ1) is 13.0. The van der Waals surface area contributed by atoms with Crippen LogP contribution in [0.25, 0.3) is 0 Å². The molecule has 4 heteroatoms. The summed E-state index contributed by atoms with van der Waals surface area (Å²) in [7, 11) is 0. The van der Waals surface area contributed by atoms with E-state index >= 15 is 0 Å². The molecule has 0 radical (unpaired) electrons. The minimum atomic E-state index is -0.199. The van der Waals surface area contributed by atoms with Gasteiger partial charge >= 0.3 is 5.97 Å². The van der Waals surface area contributed by atoms with Crippen molar-refractivity contribution in [1.82, 2.24) is 0 Å². The molecule has 0 amide bonds. The molecule has 140 valence electrons. The second kappa shape index (κ2) is 8.21. The van der Waals surface area contributed by atoms with Gasteiger partial charge in [0, 0.05) is 6.42 Å². The van der Waals surface area contributed by atoms with E-state index in [2.05, 4.69) is 0 Å².